The van der Waals surface area contributed by atoms with Crippen LogP contribution in [0.1, 0.15) is 40.6 Å². The third-order valence-corrected chi connectivity index (χ3v) is 5.15. The molecule has 1 aromatic carbocycles. The van der Waals surface area contributed by atoms with Crippen LogP contribution in [0.2, 0.25) is 0 Å². The molecular formula is C18H18N2O3. The van der Waals surface area contributed by atoms with Gasteiger partial charge in [0.2, 0.25) is 5.76 Å². The molecular weight excluding hydrogens is 292 g/mol. The number of ether oxygens (including phenoxy) is 1. The Hall–Kier alpha value is -2.30. The fourth-order valence-corrected chi connectivity index (χ4v) is 3.70. The molecule has 1 saturated carbocycles. The van der Waals surface area contributed by atoms with E-state index in [1.165, 1.54) is 5.56 Å². The molecule has 1 aliphatic carbocycles. The topological polar surface area (TPSA) is 55.6 Å². The molecule has 2 aliphatic heterocycles. The van der Waals surface area contributed by atoms with Crippen LogP contribution in [0, 0.1) is 5.41 Å². The van der Waals surface area contributed by atoms with Gasteiger partial charge in [0.15, 0.2) is 0 Å². The maximum Gasteiger partial charge on any atom is 0.292 e. The molecule has 1 spiro atoms. The van der Waals surface area contributed by atoms with Crippen molar-refractivity contribution in [3.05, 3.63) is 47.3 Å². The van der Waals surface area contributed by atoms with E-state index >= 15 is 0 Å². The normalized spacial score (nSPS) is 21.5. The average Bonchev–Trinajstić information content (AvgIpc) is 3.28. The van der Waals surface area contributed by atoms with Crippen LogP contribution < -0.4 is 4.74 Å². The molecule has 118 valence electrons. The summed E-state index contributed by atoms with van der Waals surface area (Å²) in [5, 5.41) is 4.03. The summed E-state index contributed by atoms with van der Waals surface area (Å²) in [4.78, 5) is 14.3. The molecule has 2 fully saturated rings. The molecule has 3 aliphatic rings. The van der Waals surface area contributed by atoms with Crippen molar-refractivity contribution in [2.24, 2.45) is 5.41 Å². The van der Waals surface area contributed by atoms with Gasteiger partial charge in [0.05, 0.1) is 12.3 Å². The highest BCUT2D eigenvalue weighted by atomic mass is 16.5. The number of para-hydroxylation sites is 1. The number of amides is 1. The highest BCUT2D eigenvalue weighted by molar-refractivity contribution is 5.92. The van der Waals surface area contributed by atoms with Crippen LogP contribution in [0.15, 0.2) is 34.9 Å². The highest BCUT2D eigenvalue weighted by Gasteiger charge is 2.48. The Balaban J connectivity index is 1.28. The van der Waals surface area contributed by atoms with Crippen LogP contribution in [-0.2, 0) is 6.42 Å². The summed E-state index contributed by atoms with van der Waals surface area (Å²) in [6, 6.07) is 9.97. The van der Waals surface area contributed by atoms with E-state index in [4.69, 9.17) is 9.26 Å². The van der Waals surface area contributed by atoms with E-state index in [0.29, 0.717) is 18.3 Å². The monoisotopic (exact) mass is 310 g/mol. The second-order valence-electron chi connectivity index (χ2n) is 7.12. The first-order chi connectivity index (χ1) is 11.2. The van der Waals surface area contributed by atoms with Gasteiger partial charge in [0, 0.05) is 30.5 Å². The molecule has 5 rings (SSSR count). The number of likely N-dealkylation sites (tertiary alicyclic amines) is 1. The maximum atomic E-state index is 12.5. The van der Waals surface area contributed by atoms with Gasteiger partial charge in [0.25, 0.3) is 5.91 Å². The van der Waals surface area contributed by atoms with E-state index in [1.54, 1.807) is 0 Å². The molecule has 1 aromatic heterocycles. The van der Waals surface area contributed by atoms with Gasteiger partial charge in [-0.1, -0.05) is 23.4 Å². The first-order valence-electron chi connectivity index (χ1n) is 8.19. The minimum atomic E-state index is -0.0473. The number of hydrogen-bond acceptors (Lipinski definition) is 4. The number of aromatic nitrogens is 1. The van der Waals surface area contributed by atoms with E-state index in [9.17, 15) is 4.79 Å². The van der Waals surface area contributed by atoms with Crippen molar-refractivity contribution < 1.29 is 14.1 Å². The van der Waals surface area contributed by atoms with Crippen molar-refractivity contribution in [2.45, 2.75) is 25.2 Å². The molecule has 0 atom stereocenters. The van der Waals surface area contributed by atoms with E-state index in [2.05, 4.69) is 11.2 Å². The van der Waals surface area contributed by atoms with Crippen LogP contribution in [0.4, 0.5) is 0 Å². The fourth-order valence-electron chi connectivity index (χ4n) is 3.70. The zero-order chi connectivity index (χ0) is 15.4. The quantitative estimate of drug-likeness (QED) is 0.855. The van der Waals surface area contributed by atoms with E-state index in [-0.39, 0.29) is 11.3 Å². The lowest BCUT2D eigenvalue weighted by Crippen LogP contribution is -2.62. The Labute approximate surface area is 134 Å². The molecule has 5 heteroatoms. The molecule has 0 radical (unpaired) electrons. The largest absolute Gasteiger partial charge is 0.493 e. The van der Waals surface area contributed by atoms with E-state index in [1.807, 2.05) is 29.2 Å². The summed E-state index contributed by atoms with van der Waals surface area (Å²) in [5.41, 5.74) is 2.23. The maximum absolute atomic E-state index is 12.5. The third kappa shape index (κ3) is 2.14. The second kappa shape index (κ2) is 4.60. The SMILES string of the molecule is O=C(c1cc(C2CC2)no1)N1CC2(COc3ccccc3C2)C1. The Kier molecular flexibility index (Phi) is 2.63. The summed E-state index contributed by atoms with van der Waals surface area (Å²) in [6.07, 6.45) is 3.28. The molecule has 23 heavy (non-hydrogen) atoms. The minimum absolute atomic E-state index is 0.0473. The fraction of sp³-hybridized carbons (Fsp3) is 0.444. The van der Waals surface area contributed by atoms with Gasteiger partial charge >= 0.3 is 0 Å². The zero-order valence-corrected chi connectivity index (χ0v) is 12.8. The average molecular weight is 310 g/mol. The van der Waals surface area contributed by atoms with Crippen molar-refractivity contribution in [1.29, 1.82) is 0 Å². The van der Waals surface area contributed by atoms with Crippen molar-refractivity contribution in [2.75, 3.05) is 19.7 Å². The lowest BCUT2D eigenvalue weighted by Gasteiger charge is -2.51. The van der Waals surface area contributed by atoms with Crippen molar-refractivity contribution >= 4 is 5.91 Å². The Morgan fingerprint density at radius 2 is 2.09 bits per heavy atom. The number of hydrogen-bond donors (Lipinski definition) is 0. The number of fused-ring (bicyclic) bond motifs is 1. The Morgan fingerprint density at radius 3 is 2.91 bits per heavy atom. The first kappa shape index (κ1) is 13.2. The zero-order valence-electron chi connectivity index (χ0n) is 12.8. The van der Waals surface area contributed by atoms with Gasteiger partial charge < -0.3 is 14.2 Å². The molecule has 5 nitrogen and oxygen atoms in total. The molecule has 2 aromatic rings. The molecule has 0 N–H and O–H groups in total. The van der Waals surface area contributed by atoms with Crippen molar-refractivity contribution in [3.63, 3.8) is 0 Å². The molecule has 1 saturated heterocycles. The lowest BCUT2D eigenvalue weighted by atomic mass is 9.74. The van der Waals surface area contributed by atoms with Gasteiger partial charge in [0.1, 0.15) is 5.75 Å². The predicted molar refractivity (Wildman–Crippen MR) is 82.5 cm³/mol. The second-order valence-corrected chi connectivity index (χ2v) is 7.12. The Morgan fingerprint density at radius 1 is 1.26 bits per heavy atom. The van der Waals surface area contributed by atoms with Crippen LogP contribution in [0.3, 0.4) is 0 Å². The van der Waals surface area contributed by atoms with E-state index in [0.717, 1.165) is 43.8 Å². The summed E-state index contributed by atoms with van der Waals surface area (Å²) >= 11 is 0. The summed E-state index contributed by atoms with van der Waals surface area (Å²) in [6.45, 7) is 2.12. The number of rotatable bonds is 2. The van der Waals surface area contributed by atoms with Gasteiger partial charge in [-0.3, -0.25) is 4.79 Å². The van der Waals surface area contributed by atoms with E-state index < -0.39 is 0 Å². The number of nitrogens with zero attached hydrogens (tertiary/aromatic N) is 2. The van der Waals surface area contributed by atoms with Crippen LogP contribution in [0.5, 0.6) is 5.75 Å². The Bertz CT molecular complexity index is 772. The smallest absolute Gasteiger partial charge is 0.292 e. The number of carbonyl (C=O) groups is 1. The summed E-state index contributed by atoms with van der Waals surface area (Å²) in [5.74, 6) is 1.81. The van der Waals surface area contributed by atoms with Crippen molar-refractivity contribution in [3.8, 4) is 5.75 Å². The molecule has 3 heterocycles. The van der Waals surface area contributed by atoms with Gasteiger partial charge in [-0.05, 0) is 30.9 Å². The van der Waals surface area contributed by atoms with Crippen LogP contribution in [0.25, 0.3) is 0 Å². The highest BCUT2D eigenvalue weighted by Crippen LogP contribution is 2.42. The van der Waals surface area contributed by atoms with Gasteiger partial charge in [-0.2, -0.15) is 0 Å². The van der Waals surface area contributed by atoms with Crippen LogP contribution in [-0.4, -0.2) is 35.7 Å². The minimum Gasteiger partial charge on any atom is -0.493 e. The molecule has 0 unspecified atom stereocenters. The summed E-state index contributed by atoms with van der Waals surface area (Å²) < 4.78 is 11.1. The molecule has 1 amide bonds. The third-order valence-electron chi connectivity index (χ3n) is 5.15. The van der Waals surface area contributed by atoms with Gasteiger partial charge in [-0.25, -0.2) is 0 Å². The molecule has 0 bridgehead atoms. The number of benzene rings is 1. The summed E-state index contributed by atoms with van der Waals surface area (Å²) in [7, 11) is 0. The van der Waals surface area contributed by atoms with Crippen molar-refractivity contribution in [1.82, 2.24) is 10.1 Å². The number of carbonyl (C=O) groups excluding carboxylic acids is 1. The van der Waals surface area contributed by atoms with Crippen LogP contribution >= 0.6 is 0 Å². The lowest BCUT2D eigenvalue weighted by molar-refractivity contribution is -0.0308. The first-order valence-corrected chi connectivity index (χ1v) is 8.19. The standard InChI is InChI=1S/C18H18N2O3/c21-17(16-7-14(19-23-16)12-5-6-12)20-9-18(10-20)8-13-3-1-2-4-15(13)22-11-18/h1-4,7,12H,5-6,8-11H2. The predicted octanol–water partition coefficient (Wildman–Crippen LogP) is 2.63. The van der Waals surface area contributed by atoms with Gasteiger partial charge in [-0.15, -0.1) is 0 Å².